The molecular weight excluding hydrogens is 248 g/mol. The summed E-state index contributed by atoms with van der Waals surface area (Å²) in [7, 11) is 0. The summed E-state index contributed by atoms with van der Waals surface area (Å²) in [5, 5.41) is 7.44. The Morgan fingerprint density at radius 1 is 1.22 bits per heavy atom. The lowest BCUT2D eigenvalue weighted by atomic mass is 10.3. The van der Waals surface area contributed by atoms with Crippen molar-refractivity contribution in [3.05, 3.63) is 29.3 Å². The van der Waals surface area contributed by atoms with Gasteiger partial charge < -0.3 is 15.4 Å². The predicted molar refractivity (Wildman–Crippen MR) is 77.6 cm³/mol. The molecule has 0 aliphatic heterocycles. The molecule has 4 heteroatoms. The predicted octanol–water partition coefficient (Wildman–Crippen LogP) is 2.70. The van der Waals surface area contributed by atoms with Gasteiger partial charge in [0.2, 0.25) is 0 Å². The lowest BCUT2D eigenvalue weighted by molar-refractivity contribution is 0.313. The van der Waals surface area contributed by atoms with Crippen LogP contribution in [-0.4, -0.2) is 32.3 Å². The number of benzene rings is 1. The normalized spacial score (nSPS) is 10.9. The molecule has 0 fully saturated rings. The molecule has 102 valence electrons. The molecule has 0 aromatic heterocycles. The summed E-state index contributed by atoms with van der Waals surface area (Å²) < 4.78 is 5.57. The van der Waals surface area contributed by atoms with E-state index in [-0.39, 0.29) is 0 Å². The number of ether oxygens (including phenoxy) is 1. The standard InChI is InChI=1S/C14H23ClN2O/c1-12(2)17-8-4-7-16-9-10-18-14-6-3-5-13(15)11-14/h3,5-6,11-12,16-17H,4,7-10H2,1-2H3. The average Bonchev–Trinajstić information content (AvgIpc) is 2.32. The summed E-state index contributed by atoms with van der Waals surface area (Å²) in [4.78, 5) is 0. The highest BCUT2D eigenvalue weighted by Crippen LogP contribution is 2.16. The van der Waals surface area contributed by atoms with Crippen LogP contribution in [0.15, 0.2) is 24.3 Å². The summed E-state index contributed by atoms with van der Waals surface area (Å²) >= 11 is 5.87. The van der Waals surface area contributed by atoms with Crippen LogP contribution < -0.4 is 15.4 Å². The van der Waals surface area contributed by atoms with Crippen LogP contribution in [0.1, 0.15) is 20.3 Å². The van der Waals surface area contributed by atoms with Crippen molar-refractivity contribution in [2.45, 2.75) is 26.3 Å². The largest absolute Gasteiger partial charge is 0.492 e. The molecule has 3 nitrogen and oxygen atoms in total. The topological polar surface area (TPSA) is 33.3 Å². The second-order valence-corrected chi connectivity index (χ2v) is 4.95. The van der Waals surface area contributed by atoms with Gasteiger partial charge >= 0.3 is 0 Å². The van der Waals surface area contributed by atoms with Crippen molar-refractivity contribution >= 4 is 11.6 Å². The van der Waals surface area contributed by atoms with Crippen LogP contribution >= 0.6 is 11.6 Å². The molecule has 0 aliphatic carbocycles. The zero-order valence-electron chi connectivity index (χ0n) is 11.2. The van der Waals surface area contributed by atoms with Gasteiger partial charge in [-0.05, 0) is 37.7 Å². The lowest BCUT2D eigenvalue weighted by Crippen LogP contribution is -2.28. The Hall–Kier alpha value is -0.770. The SMILES string of the molecule is CC(C)NCCCNCCOc1cccc(Cl)c1. The fraction of sp³-hybridized carbons (Fsp3) is 0.571. The minimum Gasteiger partial charge on any atom is -0.492 e. The fourth-order valence-electron chi connectivity index (χ4n) is 1.53. The zero-order chi connectivity index (χ0) is 13.2. The first kappa shape index (κ1) is 15.3. The van der Waals surface area contributed by atoms with Crippen LogP contribution in [0.4, 0.5) is 0 Å². The number of rotatable bonds is 9. The maximum Gasteiger partial charge on any atom is 0.120 e. The van der Waals surface area contributed by atoms with Gasteiger partial charge in [-0.25, -0.2) is 0 Å². The molecule has 0 spiro atoms. The third-order valence-electron chi connectivity index (χ3n) is 2.43. The second-order valence-electron chi connectivity index (χ2n) is 4.52. The maximum atomic E-state index is 5.87. The first-order chi connectivity index (χ1) is 8.68. The minimum atomic E-state index is 0.566. The van der Waals surface area contributed by atoms with Crippen molar-refractivity contribution < 1.29 is 4.74 Å². The molecule has 0 bridgehead atoms. The van der Waals surface area contributed by atoms with Gasteiger partial charge in [0.15, 0.2) is 0 Å². The van der Waals surface area contributed by atoms with Crippen LogP contribution in [0.2, 0.25) is 5.02 Å². The van der Waals surface area contributed by atoms with Crippen LogP contribution in [-0.2, 0) is 0 Å². The van der Waals surface area contributed by atoms with Gasteiger partial charge in [-0.2, -0.15) is 0 Å². The molecule has 0 saturated heterocycles. The quantitative estimate of drug-likeness (QED) is 0.677. The highest BCUT2D eigenvalue weighted by molar-refractivity contribution is 6.30. The molecule has 18 heavy (non-hydrogen) atoms. The van der Waals surface area contributed by atoms with Crippen LogP contribution in [0, 0.1) is 0 Å². The monoisotopic (exact) mass is 270 g/mol. The van der Waals surface area contributed by atoms with E-state index in [2.05, 4.69) is 24.5 Å². The molecule has 0 heterocycles. The molecule has 1 aromatic rings. The summed E-state index contributed by atoms with van der Waals surface area (Å²) in [6.07, 6.45) is 1.13. The molecule has 0 radical (unpaired) electrons. The van der Waals surface area contributed by atoms with E-state index in [0.717, 1.165) is 31.8 Å². The smallest absolute Gasteiger partial charge is 0.120 e. The highest BCUT2D eigenvalue weighted by Gasteiger charge is 1.95. The van der Waals surface area contributed by atoms with Gasteiger partial charge in [-0.1, -0.05) is 31.5 Å². The third-order valence-corrected chi connectivity index (χ3v) is 2.66. The maximum absolute atomic E-state index is 5.87. The fourth-order valence-corrected chi connectivity index (χ4v) is 1.71. The highest BCUT2D eigenvalue weighted by atomic mass is 35.5. The van der Waals surface area contributed by atoms with Crippen LogP contribution in [0.5, 0.6) is 5.75 Å². The number of nitrogens with one attached hydrogen (secondary N) is 2. The molecule has 0 saturated carbocycles. The van der Waals surface area contributed by atoms with Crippen LogP contribution in [0.3, 0.4) is 0 Å². The van der Waals surface area contributed by atoms with E-state index < -0.39 is 0 Å². The Kier molecular flexibility index (Phi) is 7.81. The molecule has 0 amide bonds. The molecule has 1 rings (SSSR count). The minimum absolute atomic E-state index is 0.566. The van der Waals surface area contributed by atoms with Crippen molar-refractivity contribution in [1.82, 2.24) is 10.6 Å². The third kappa shape index (κ3) is 7.54. The van der Waals surface area contributed by atoms with Gasteiger partial charge in [0.05, 0.1) is 0 Å². The van der Waals surface area contributed by atoms with Crippen molar-refractivity contribution in [1.29, 1.82) is 0 Å². The molecule has 0 unspecified atom stereocenters. The van der Waals surface area contributed by atoms with Crippen molar-refractivity contribution in [2.24, 2.45) is 0 Å². The summed E-state index contributed by atoms with van der Waals surface area (Å²) in [5.74, 6) is 0.825. The summed E-state index contributed by atoms with van der Waals surface area (Å²) in [6, 6.07) is 8.04. The van der Waals surface area contributed by atoms with E-state index in [1.165, 1.54) is 0 Å². The molecular formula is C14H23ClN2O. The molecule has 0 atom stereocenters. The van der Waals surface area contributed by atoms with E-state index in [1.54, 1.807) is 0 Å². The Morgan fingerprint density at radius 2 is 2.06 bits per heavy atom. The van der Waals surface area contributed by atoms with E-state index in [4.69, 9.17) is 16.3 Å². The molecule has 2 N–H and O–H groups in total. The van der Waals surface area contributed by atoms with Gasteiger partial charge in [0, 0.05) is 17.6 Å². The van der Waals surface area contributed by atoms with Gasteiger partial charge in [-0.15, -0.1) is 0 Å². The first-order valence-corrected chi connectivity index (χ1v) is 6.89. The van der Waals surface area contributed by atoms with E-state index in [0.29, 0.717) is 17.7 Å². The number of hydrogen-bond donors (Lipinski definition) is 2. The first-order valence-electron chi connectivity index (χ1n) is 6.51. The van der Waals surface area contributed by atoms with Gasteiger partial charge in [0.25, 0.3) is 0 Å². The van der Waals surface area contributed by atoms with E-state index in [1.807, 2.05) is 24.3 Å². The van der Waals surface area contributed by atoms with E-state index in [9.17, 15) is 0 Å². The molecule has 1 aromatic carbocycles. The zero-order valence-corrected chi connectivity index (χ0v) is 12.0. The van der Waals surface area contributed by atoms with Crippen LogP contribution in [0.25, 0.3) is 0 Å². The summed E-state index contributed by atoms with van der Waals surface area (Å²) in [6.45, 7) is 7.91. The molecule has 0 aliphatic rings. The number of hydrogen-bond acceptors (Lipinski definition) is 3. The Balaban J connectivity index is 1.96. The Bertz CT molecular complexity index is 331. The summed E-state index contributed by atoms with van der Waals surface area (Å²) in [5.41, 5.74) is 0. The van der Waals surface area contributed by atoms with Crippen molar-refractivity contribution in [2.75, 3.05) is 26.2 Å². The van der Waals surface area contributed by atoms with E-state index >= 15 is 0 Å². The Morgan fingerprint density at radius 3 is 2.78 bits per heavy atom. The van der Waals surface area contributed by atoms with Crippen molar-refractivity contribution in [3.63, 3.8) is 0 Å². The van der Waals surface area contributed by atoms with Crippen molar-refractivity contribution in [3.8, 4) is 5.75 Å². The number of halogens is 1. The Labute approximate surface area is 115 Å². The lowest BCUT2D eigenvalue weighted by Gasteiger charge is -2.09. The van der Waals surface area contributed by atoms with Gasteiger partial charge in [-0.3, -0.25) is 0 Å². The van der Waals surface area contributed by atoms with Gasteiger partial charge in [0.1, 0.15) is 12.4 Å². The average molecular weight is 271 g/mol. The second kappa shape index (κ2) is 9.20.